The number of urea groups is 1. The highest BCUT2D eigenvalue weighted by molar-refractivity contribution is 7.80. The third-order valence-corrected chi connectivity index (χ3v) is 8.09. The molecule has 2 heterocycles. The van der Waals surface area contributed by atoms with Crippen molar-refractivity contribution in [3.63, 3.8) is 0 Å². The number of nitrogens with one attached hydrogen (secondary N) is 2. The number of nitrogens with zero attached hydrogens (tertiary/aromatic N) is 3. The zero-order valence-corrected chi connectivity index (χ0v) is 21.5. The summed E-state index contributed by atoms with van der Waals surface area (Å²) in [6, 6.07) is 14.2. The molecule has 0 radical (unpaired) electrons. The molecular formula is C27H39N5OS. The highest BCUT2D eigenvalue weighted by Crippen LogP contribution is 2.40. The van der Waals surface area contributed by atoms with Gasteiger partial charge in [0.2, 0.25) is 0 Å². The molecule has 2 fully saturated rings. The SMILES string of the molecule is CCN(CC)CCCNC(=S)N1CCC2(CCN(C(=O)Nc3cccc4ccccc34)CC2)C1. The van der Waals surface area contributed by atoms with Crippen LogP contribution in [-0.4, -0.2) is 78.2 Å². The number of benzene rings is 2. The first kappa shape index (κ1) is 24.7. The Morgan fingerprint density at radius 3 is 2.41 bits per heavy atom. The van der Waals surface area contributed by atoms with E-state index in [-0.39, 0.29) is 11.4 Å². The lowest BCUT2D eigenvalue weighted by Gasteiger charge is -2.39. The van der Waals surface area contributed by atoms with Crippen molar-refractivity contribution in [2.75, 3.05) is 57.7 Å². The number of rotatable bonds is 7. The third-order valence-electron chi connectivity index (χ3n) is 7.69. The molecule has 2 saturated heterocycles. The van der Waals surface area contributed by atoms with Gasteiger partial charge >= 0.3 is 6.03 Å². The van der Waals surface area contributed by atoms with Crippen molar-refractivity contribution in [1.82, 2.24) is 20.0 Å². The Hall–Kier alpha value is -2.38. The average Bonchev–Trinajstić information content (AvgIpc) is 3.28. The smallest absolute Gasteiger partial charge is 0.321 e. The number of piperidine rings is 1. The maximum absolute atomic E-state index is 13.0. The van der Waals surface area contributed by atoms with Crippen LogP contribution in [0.5, 0.6) is 0 Å². The van der Waals surface area contributed by atoms with E-state index in [9.17, 15) is 4.79 Å². The molecule has 0 atom stereocenters. The highest BCUT2D eigenvalue weighted by atomic mass is 32.1. The summed E-state index contributed by atoms with van der Waals surface area (Å²) in [5.41, 5.74) is 1.16. The lowest BCUT2D eigenvalue weighted by atomic mass is 9.78. The van der Waals surface area contributed by atoms with E-state index in [0.717, 1.165) is 99.6 Å². The van der Waals surface area contributed by atoms with Crippen LogP contribution in [0.1, 0.15) is 39.5 Å². The number of carbonyl (C=O) groups is 1. The van der Waals surface area contributed by atoms with E-state index < -0.39 is 0 Å². The number of likely N-dealkylation sites (tertiary alicyclic amines) is 2. The van der Waals surface area contributed by atoms with Crippen molar-refractivity contribution in [2.24, 2.45) is 5.41 Å². The maximum atomic E-state index is 13.0. The Morgan fingerprint density at radius 2 is 1.68 bits per heavy atom. The van der Waals surface area contributed by atoms with E-state index in [2.05, 4.69) is 52.5 Å². The van der Waals surface area contributed by atoms with Gasteiger partial charge in [-0.2, -0.15) is 0 Å². The predicted molar refractivity (Wildman–Crippen MR) is 145 cm³/mol. The van der Waals surface area contributed by atoms with Crippen molar-refractivity contribution >= 4 is 39.8 Å². The second kappa shape index (κ2) is 11.4. The van der Waals surface area contributed by atoms with E-state index in [1.165, 1.54) is 0 Å². The van der Waals surface area contributed by atoms with Gasteiger partial charge in [0.15, 0.2) is 5.11 Å². The molecule has 2 aromatic carbocycles. The van der Waals surface area contributed by atoms with Crippen LogP contribution in [0.15, 0.2) is 42.5 Å². The van der Waals surface area contributed by atoms with Crippen molar-refractivity contribution < 1.29 is 4.79 Å². The topological polar surface area (TPSA) is 50.9 Å². The van der Waals surface area contributed by atoms with Gasteiger partial charge in [-0.3, -0.25) is 0 Å². The van der Waals surface area contributed by atoms with Crippen LogP contribution in [0.4, 0.5) is 10.5 Å². The lowest BCUT2D eigenvalue weighted by molar-refractivity contribution is 0.132. The Kier molecular flexibility index (Phi) is 8.27. The van der Waals surface area contributed by atoms with E-state index >= 15 is 0 Å². The quantitative estimate of drug-likeness (QED) is 0.441. The van der Waals surface area contributed by atoms with Gasteiger partial charge in [-0.15, -0.1) is 0 Å². The van der Waals surface area contributed by atoms with Gasteiger partial charge in [-0.1, -0.05) is 50.2 Å². The third kappa shape index (κ3) is 5.81. The van der Waals surface area contributed by atoms with E-state index in [4.69, 9.17) is 12.2 Å². The fraction of sp³-hybridized carbons (Fsp3) is 0.556. The van der Waals surface area contributed by atoms with Crippen LogP contribution in [0.25, 0.3) is 10.8 Å². The van der Waals surface area contributed by atoms with E-state index in [0.29, 0.717) is 0 Å². The zero-order chi connectivity index (χ0) is 24.0. The van der Waals surface area contributed by atoms with Gasteiger partial charge in [-0.25, -0.2) is 4.79 Å². The van der Waals surface area contributed by atoms with Crippen molar-refractivity contribution in [3.05, 3.63) is 42.5 Å². The summed E-state index contributed by atoms with van der Waals surface area (Å²) in [6.07, 6.45) is 4.35. The first-order valence-electron chi connectivity index (χ1n) is 12.8. The molecule has 2 aliphatic heterocycles. The normalized spacial score (nSPS) is 17.5. The summed E-state index contributed by atoms with van der Waals surface area (Å²) in [6.45, 7) is 12.3. The minimum absolute atomic E-state index is 0.00597. The first-order chi connectivity index (χ1) is 16.5. The molecule has 2 amide bonds. The molecule has 2 aliphatic rings. The largest absolute Gasteiger partial charge is 0.363 e. The molecule has 0 aromatic heterocycles. The number of amides is 2. The molecule has 0 saturated carbocycles. The number of carbonyl (C=O) groups excluding carboxylic acids is 1. The molecule has 2 N–H and O–H groups in total. The molecule has 184 valence electrons. The number of anilines is 1. The standard InChI is InChI=1S/C27H39N5OS/c1-3-30(4-2)17-8-16-28-26(34)32-20-15-27(21-32)13-18-31(19-14-27)25(33)29-24-12-7-10-22-9-5-6-11-23(22)24/h5-7,9-12H,3-4,8,13-21H2,1-2H3,(H,28,34)(H,29,33). The summed E-state index contributed by atoms with van der Waals surface area (Å²) < 4.78 is 0. The second-order valence-electron chi connectivity index (χ2n) is 9.73. The van der Waals surface area contributed by atoms with Gasteiger partial charge in [0.25, 0.3) is 0 Å². The predicted octanol–water partition coefficient (Wildman–Crippen LogP) is 4.77. The van der Waals surface area contributed by atoms with E-state index in [1.54, 1.807) is 0 Å². The van der Waals surface area contributed by atoms with Gasteiger partial charge in [0.05, 0.1) is 5.69 Å². The molecule has 6 nitrogen and oxygen atoms in total. The molecule has 1 spiro atoms. The Bertz CT molecular complexity index is 979. The first-order valence-corrected chi connectivity index (χ1v) is 13.2. The van der Waals surface area contributed by atoms with Gasteiger partial charge < -0.3 is 25.3 Å². The molecule has 4 rings (SSSR count). The minimum Gasteiger partial charge on any atom is -0.363 e. The zero-order valence-electron chi connectivity index (χ0n) is 20.7. The molecule has 7 heteroatoms. The molecule has 2 aromatic rings. The summed E-state index contributed by atoms with van der Waals surface area (Å²) in [7, 11) is 0. The Balaban J connectivity index is 1.23. The highest BCUT2D eigenvalue weighted by Gasteiger charge is 2.42. The number of thiocarbonyl (C=S) groups is 1. The van der Waals surface area contributed by atoms with Gasteiger partial charge in [0, 0.05) is 38.1 Å². The van der Waals surface area contributed by atoms with Gasteiger partial charge in [-0.05, 0) is 74.4 Å². The van der Waals surface area contributed by atoms with E-state index in [1.807, 2.05) is 29.2 Å². The monoisotopic (exact) mass is 481 g/mol. The molecule has 0 unspecified atom stereocenters. The Labute approximate surface area is 209 Å². The van der Waals surface area contributed by atoms with Crippen molar-refractivity contribution in [1.29, 1.82) is 0 Å². The lowest BCUT2D eigenvalue weighted by Crippen LogP contribution is -2.47. The number of fused-ring (bicyclic) bond motifs is 1. The fourth-order valence-corrected chi connectivity index (χ4v) is 5.64. The van der Waals surface area contributed by atoms with Crippen molar-refractivity contribution in [3.8, 4) is 0 Å². The maximum Gasteiger partial charge on any atom is 0.321 e. The molecule has 34 heavy (non-hydrogen) atoms. The summed E-state index contributed by atoms with van der Waals surface area (Å²) in [5.74, 6) is 0. The number of hydrogen-bond acceptors (Lipinski definition) is 3. The Morgan fingerprint density at radius 1 is 1.00 bits per heavy atom. The fourth-order valence-electron chi connectivity index (χ4n) is 5.38. The number of hydrogen-bond donors (Lipinski definition) is 2. The minimum atomic E-state index is 0.00597. The molecule has 0 aliphatic carbocycles. The van der Waals surface area contributed by atoms with Crippen LogP contribution >= 0.6 is 12.2 Å². The summed E-state index contributed by atoms with van der Waals surface area (Å²) in [4.78, 5) is 19.8. The summed E-state index contributed by atoms with van der Waals surface area (Å²) in [5, 5.41) is 9.74. The van der Waals surface area contributed by atoms with Crippen molar-refractivity contribution in [2.45, 2.75) is 39.5 Å². The summed E-state index contributed by atoms with van der Waals surface area (Å²) >= 11 is 5.71. The van der Waals surface area contributed by atoms with Crippen LogP contribution in [-0.2, 0) is 0 Å². The van der Waals surface area contributed by atoms with Crippen LogP contribution < -0.4 is 10.6 Å². The second-order valence-corrected chi connectivity index (χ2v) is 10.1. The van der Waals surface area contributed by atoms with Crippen LogP contribution in [0, 0.1) is 5.41 Å². The van der Waals surface area contributed by atoms with Crippen LogP contribution in [0.3, 0.4) is 0 Å². The molecular weight excluding hydrogens is 442 g/mol. The van der Waals surface area contributed by atoms with Gasteiger partial charge in [0.1, 0.15) is 0 Å². The average molecular weight is 482 g/mol. The van der Waals surface area contributed by atoms with Crippen LogP contribution in [0.2, 0.25) is 0 Å². The molecule has 0 bridgehead atoms.